The maximum absolute atomic E-state index is 10.3. The quantitative estimate of drug-likeness (QED) is 0.265. The van der Waals surface area contributed by atoms with Crippen molar-refractivity contribution in [2.45, 2.75) is 6.42 Å². The third-order valence-electron chi connectivity index (χ3n) is 1.53. The molecule has 0 aliphatic rings. The van der Waals surface area contributed by atoms with E-state index in [0.717, 1.165) is 11.6 Å². The smallest absolute Gasteiger partial charge is 0.363 e. The molecule has 0 aromatic carbocycles. The first-order chi connectivity index (χ1) is 6.97. The number of hydrogen-bond acceptors (Lipinski definition) is 4. The highest BCUT2D eigenvalue weighted by Gasteiger charge is 2.13. The van der Waals surface area contributed by atoms with Crippen molar-refractivity contribution in [3.05, 3.63) is 9.81 Å². The Morgan fingerprint density at radius 3 is 2.47 bits per heavy atom. The van der Waals surface area contributed by atoms with E-state index in [2.05, 4.69) is 10.4 Å². The molecule has 0 bridgehead atoms. The highest BCUT2D eigenvalue weighted by Crippen LogP contribution is 1.93. The van der Waals surface area contributed by atoms with Crippen LogP contribution < -0.4 is 5.73 Å². The number of guanidine groups is 1. The lowest BCUT2D eigenvalue weighted by molar-refractivity contribution is -0.796. The van der Waals surface area contributed by atoms with Crippen molar-refractivity contribution >= 4 is 5.96 Å². The standard InChI is InChI=1S/C6H15N6O3/c1-10(2)4-3-5-11(9-13)6(7)8-12(14)15/h3-5H2,1-2H3,(H2,7,8)(H,14,15)/q+1. The molecule has 86 valence electrons. The second-order valence-electron chi connectivity index (χ2n) is 3.07. The molecule has 0 heterocycles. The van der Waals surface area contributed by atoms with Crippen molar-refractivity contribution in [3.8, 4) is 0 Å². The molecule has 0 radical (unpaired) electrons. The summed E-state index contributed by atoms with van der Waals surface area (Å²) in [6.07, 6.45) is 0.624. The summed E-state index contributed by atoms with van der Waals surface area (Å²) in [6.45, 7) is 0.963. The number of nitrogens with zero attached hydrogens (tertiary/aromatic N) is 5. The highest BCUT2D eigenvalue weighted by atomic mass is 16.7. The summed E-state index contributed by atoms with van der Waals surface area (Å²) in [6, 6.07) is 0. The number of rotatable bonds is 6. The Hall–Kier alpha value is -1.77. The maximum atomic E-state index is 10.3. The van der Waals surface area contributed by atoms with Crippen LogP contribution in [0.25, 0.3) is 0 Å². The van der Waals surface area contributed by atoms with E-state index in [9.17, 15) is 9.81 Å². The Morgan fingerprint density at radius 1 is 1.47 bits per heavy atom. The molecule has 9 heteroatoms. The third kappa shape index (κ3) is 6.32. The summed E-state index contributed by atoms with van der Waals surface area (Å²) < 4.78 is 0. The molecule has 0 saturated heterocycles. The molecule has 0 amide bonds. The fourth-order valence-corrected chi connectivity index (χ4v) is 0.873. The van der Waals surface area contributed by atoms with Crippen LogP contribution in [-0.2, 0) is 0 Å². The van der Waals surface area contributed by atoms with Crippen LogP contribution in [0.1, 0.15) is 6.42 Å². The fraction of sp³-hybridized carbons (Fsp3) is 0.833. The average molecular weight is 219 g/mol. The first-order valence-corrected chi connectivity index (χ1v) is 4.23. The summed E-state index contributed by atoms with van der Waals surface area (Å²) in [5.74, 6) is -0.443. The summed E-state index contributed by atoms with van der Waals surface area (Å²) >= 11 is 0. The van der Waals surface area contributed by atoms with Gasteiger partial charge in [-0.1, -0.05) is 0 Å². The average Bonchev–Trinajstić information content (AvgIpc) is 2.10. The summed E-state index contributed by atoms with van der Waals surface area (Å²) in [5.41, 5.74) is 5.21. The molecule has 0 fully saturated rings. The lowest BCUT2D eigenvalue weighted by atomic mass is 10.4. The molecule has 0 atom stereocenters. The van der Waals surface area contributed by atoms with Crippen LogP contribution in [-0.4, -0.2) is 53.3 Å². The minimum atomic E-state index is -0.723. The topological polar surface area (TPSA) is 115 Å². The van der Waals surface area contributed by atoms with Gasteiger partial charge in [0.2, 0.25) is 0 Å². The Labute approximate surface area is 86.6 Å². The van der Waals surface area contributed by atoms with Gasteiger partial charge in [-0.3, -0.25) is 0 Å². The summed E-state index contributed by atoms with van der Waals surface area (Å²) in [5, 5.41) is 13.7. The van der Waals surface area contributed by atoms with E-state index in [1.807, 2.05) is 19.0 Å². The van der Waals surface area contributed by atoms with Crippen molar-refractivity contribution in [2.24, 2.45) is 16.1 Å². The zero-order chi connectivity index (χ0) is 11.8. The predicted octanol–water partition coefficient (Wildman–Crippen LogP) is -0.681. The van der Waals surface area contributed by atoms with Gasteiger partial charge in [0.05, 0.1) is 5.29 Å². The van der Waals surface area contributed by atoms with Gasteiger partial charge in [0, 0.05) is 6.54 Å². The van der Waals surface area contributed by atoms with E-state index in [1.165, 1.54) is 0 Å². The molecule has 0 spiro atoms. The van der Waals surface area contributed by atoms with Gasteiger partial charge in [-0.05, 0) is 27.1 Å². The lowest BCUT2D eigenvalue weighted by Gasteiger charge is -2.13. The van der Waals surface area contributed by atoms with Gasteiger partial charge >= 0.3 is 5.03 Å². The van der Waals surface area contributed by atoms with Crippen LogP contribution in [0.4, 0.5) is 0 Å². The predicted molar refractivity (Wildman–Crippen MR) is 52.7 cm³/mol. The van der Waals surface area contributed by atoms with E-state index in [-0.39, 0.29) is 6.54 Å². The van der Waals surface area contributed by atoms with Gasteiger partial charge in [0.25, 0.3) is 5.96 Å². The molecule has 0 aliphatic carbocycles. The van der Waals surface area contributed by atoms with E-state index in [1.54, 1.807) is 0 Å². The monoisotopic (exact) mass is 219 g/mol. The molecule has 0 saturated carbocycles. The van der Waals surface area contributed by atoms with Crippen molar-refractivity contribution in [1.82, 2.24) is 9.91 Å². The van der Waals surface area contributed by atoms with Crippen molar-refractivity contribution in [2.75, 3.05) is 27.2 Å². The Morgan fingerprint density at radius 2 is 2.07 bits per heavy atom. The number of hydrazone groups is 1. The van der Waals surface area contributed by atoms with E-state index < -0.39 is 11.0 Å². The number of nitroso groups, excluding NO2 is 1. The Bertz CT molecular complexity index is 253. The van der Waals surface area contributed by atoms with Crippen molar-refractivity contribution < 1.29 is 10.2 Å². The van der Waals surface area contributed by atoms with Gasteiger partial charge in [0.15, 0.2) is 0 Å². The molecule has 0 rings (SSSR count). The SMILES string of the molecule is CN(C)CCCN(N=O)/C(N)=N/[N+](=O)O. The fourth-order valence-electron chi connectivity index (χ4n) is 0.873. The highest BCUT2D eigenvalue weighted by molar-refractivity contribution is 5.76. The molecule has 3 N–H and O–H groups in total. The Kier molecular flexibility index (Phi) is 5.86. The van der Waals surface area contributed by atoms with Crippen LogP contribution in [0.3, 0.4) is 0 Å². The zero-order valence-electron chi connectivity index (χ0n) is 8.70. The van der Waals surface area contributed by atoms with Gasteiger partial charge in [-0.25, -0.2) is 5.21 Å². The van der Waals surface area contributed by atoms with E-state index >= 15 is 0 Å². The van der Waals surface area contributed by atoms with Gasteiger partial charge in [0.1, 0.15) is 10.0 Å². The first-order valence-electron chi connectivity index (χ1n) is 4.23. The second kappa shape index (κ2) is 6.65. The molecule has 15 heavy (non-hydrogen) atoms. The largest absolute Gasteiger partial charge is 0.391 e. The van der Waals surface area contributed by atoms with Crippen molar-refractivity contribution in [1.29, 1.82) is 0 Å². The third-order valence-corrected chi connectivity index (χ3v) is 1.53. The summed E-state index contributed by atoms with van der Waals surface area (Å²) in [4.78, 5) is 22.3. The van der Waals surface area contributed by atoms with E-state index in [4.69, 9.17) is 10.9 Å². The molecule has 0 aromatic heterocycles. The first kappa shape index (κ1) is 13.2. The van der Waals surface area contributed by atoms with Crippen LogP contribution in [0.5, 0.6) is 0 Å². The Balaban J connectivity index is 4.13. The minimum absolute atomic E-state index is 0.227. The number of hydrogen-bond donors (Lipinski definition) is 2. The van der Waals surface area contributed by atoms with E-state index in [0.29, 0.717) is 6.42 Å². The lowest BCUT2D eigenvalue weighted by Crippen LogP contribution is -2.35. The van der Waals surface area contributed by atoms with Crippen molar-refractivity contribution in [3.63, 3.8) is 0 Å². The minimum Gasteiger partial charge on any atom is -0.363 e. The molecule has 0 aliphatic heterocycles. The molecule has 0 aromatic rings. The van der Waals surface area contributed by atoms with Crippen LogP contribution in [0.15, 0.2) is 10.4 Å². The van der Waals surface area contributed by atoms with Gasteiger partial charge in [-0.2, -0.15) is 5.01 Å². The van der Waals surface area contributed by atoms with Gasteiger partial charge in [-0.15, -0.1) is 4.91 Å². The summed E-state index contributed by atoms with van der Waals surface area (Å²) in [7, 11) is 3.76. The molecule has 9 nitrogen and oxygen atoms in total. The van der Waals surface area contributed by atoms with Crippen LogP contribution in [0.2, 0.25) is 0 Å². The van der Waals surface area contributed by atoms with Crippen LogP contribution in [0, 0.1) is 9.81 Å². The molecular formula is C6H15N6O3+. The normalized spacial score (nSPS) is 11.5. The molecule has 0 unspecified atom stereocenters. The van der Waals surface area contributed by atoms with Crippen LogP contribution >= 0.6 is 0 Å². The number of nitrogens with two attached hydrogens (primary N) is 1. The molecular weight excluding hydrogens is 204 g/mol. The maximum Gasteiger partial charge on any atom is 0.391 e. The zero-order valence-corrected chi connectivity index (χ0v) is 8.70. The second-order valence-corrected chi connectivity index (χ2v) is 3.07. The van der Waals surface area contributed by atoms with Gasteiger partial charge < -0.3 is 10.6 Å².